The van der Waals surface area contributed by atoms with Crippen LogP contribution in [-0.4, -0.2) is 22.1 Å². The topological polar surface area (TPSA) is 104 Å². The standard InChI is InChI=1S/C13H15N3O4S/c1-7-11(12(17)18)3-10(20-7)5-15-13(19)14-4-9-6-21-8(2)16-9/h3,6H,4-5H2,1-2H3,(H,17,18)(H2,14,15,19). The molecule has 0 aliphatic rings. The summed E-state index contributed by atoms with van der Waals surface area (Å²) in [6.07, 6.45) is 0. The zero-order valence-electron chi connectivity index (χ0n) is 11.6. The van der Waals surface area contributed by atoms with E-state index in [2.05, 4.69) is 15.6 Å². The number of carbonyl (C=O) groups is 2. The van der Waals surface area contributed by atoms with Gasteiger partial charge < -0.3 is 20.2 Å². The van der Waals surface area contributed by atoms with E-state index in [-0.39, 0.29) is 18.1 Å². The number of nitrogens with zero attached hydrogens (tertiary/aromatic N) is 1. The number of aromatic nitrogens is 1. The maximum absolute atomic E-state index is 11.6. The molecule has 0 aliphatic carbocycles. The van der Waals surface area contributed by atoms with Crippen molar-refractivity contribution in [3.05, 3.63) is 39.2 Å². The molecule has 0 fully saturated rings. The van der Waals surface area contributed by atoms with Crippen molar-refractivity contribution in [3.63, 3.8) is 0 Å². The van der Waals surface area contributed by atoms with Crippen molar-refractivity contribution < 1.29 is 19.1 Å². The van der Waals surface area contributed by atoms with Crippen molar-refractivity contribution in [2.45, 2.75) is 26.9 Å². The number of aryl methyl sites for hydroxylation is 2. The Morgan fingerprint density at radius 1 is 1.33 bits per heavy atom. The lowest BCUT2D eigenvalue weighted by Crippen LogP contribution is -2.34. The minimum absolute atomic E-state index is 0.102. The molecule has 0 aromatic carbocycles. The van der Waals surface area contributed by atoms with Crippen LogP contribution in [0, 0.1) is 13.8 Å². The van der Waals surface area contributed by atoms with E-state index in [4.69, 9.17) is 9.52 Å². The van der Waals surface area contributed by atoms with Crippen LogP contribution in [0.15, 0.2) is 15.9 Å². The van der Waals surface area contributed by atoms with Gasteiger partial charge in [0, 0.05) is 5.38 Å². The van der Waals surface area contributed by atoms with Crippen LogP contribution in [0.25, 0.3) is 0 Å². The van der Waals surface area contributed by atoms with Gasteiger partial charge in [0.25, 0.3) is 0 Å². The smallest absolute Gasteiger partial charge is 0.339 e. The minimum Gasteiger partial charge on any atom is -0.478 e. The maximum atomic E-state index is 11.6. The summed E-state index contributed by atoms with van der Waals surface area (Å²) in [6, 6.07) is 1.04. The molecule has 0 unspecified atom stereocenters. The van der Waals surface area contributed by atoms with Gasteiger partial charge in [-0.05, 0) is 19.9 Å². The lowest BCUT2D eigenvalue weighted by Gasteiger charge is -2.04. The molecular weight excluding hydrogens is 294 g/mol. The fraction of sp³-hybridized carbons (Fsp3) is 0.308. The van der Waals surface area contributed by atoms with Gasteiger partial charge in [0.2, 0.25) is 0 Å². The number of amides is 2. The number of urea groups is 1. The number of nitrogens with one attached hydrogen (secondary N) is 2. The Bertz CT molecular complexity index is 662. The van der Waals surface area contributed by atoms with Gasteiger partial charge >= 0.3 is 12.0 Å². The van der Waals surface area contributed by atoms with Gasteiger partial charge in [0.05, 0.1) is 23.8 Å². The number of rotatable bonds is 5. The Balaban J connectivity index is 1.81. The normalized spacial score (nSPS) is 10.4. The van der Waals surface area contributed by atoms with Gasteiger partial charge in [-0.2, -0.15) is 0 Å². The Morgan fingerprint density at radius 3 is 2.62 bits per heavy atom. The number of carboxylic acids is 1. The predicted molar refractivity (Wildman–Crippen MR) is 76.3 cm³/mol. The summed E-state index contributed by atoms with van der Waals surface area (Å²) in [6.45, 7) is 3.93. The summed E-state index contributed by atoms with van der Waals surface area (Å²) in [4.78, 5) is 26.7. The van der Waals surface area contributed by atoms with Crippen LogP contribution in [-0.2, 0) is 13.1 Å². The third-order valence-electron chi connectivity index (χ3n) is 2.72. The first-order chi connectivity index (χ1) is 9.95. The van der Waals surface area contributed by atoms with Gasteiger partial charge in [-0.15, -0.1) is 11.3 Å². The molecule has 2 rings (SSSR count). The van der Waals surface area contributed by atoms with Crippen LogP contribution < -0.4 is 10.6 Å². The molecule has 0 saturated heterocycles. The zero-order valence-corrected chi connectivity index (χ0v) is 12.4. The Labute approximate surface area is 125 Å². The van der Waals surface area contributed by atoms with Crippen molar-refractivity contribution in [2.75, 3.05) is 0 Å². The first-order valence-corrected chi connectivity index (χ1v) is 7.09. The lowest BCUT2D eigenvalue weighted by atomic mass is 10.2. The first kappa shape index (κ1) is 15.0. The van der Waals surface area contributed by atoms with Gasteiger partial charge in [-0.1, -0.05) is 0 Å². The van der Waals surface area contributed by atoms with E-state index in [1.807, 2.05) is 12.3 Å². The number of carbonyl (C=O) groups excluding carboxylic acids is 1. The SMILES string of the molecule is Cc1nc(CNC(=O)NCc2cc(C(=O)O)c(C)o2)cs1. The number of thiazole rings is 1. The molecule has 21 heavy (non-hydrogen) atoms. The number of furan rings is 1. The maximum Gasteiger partial charge on any atom is 0.339 e. The third-order valence-corrected chi connectivity index (χ3v) is 3.54. The predicted octanol–water partition coefficient (Wildman–Crippen LogP) is 2.05. The summed E-state index contributed by atoms with van der Waals surface area (Å²) in [5, 5.41) is 17.0. The van der Waals surface area contributed by atoms with Crippen molar-refractivity contribution in [1.29, 1.82) is 0 Å². The average molecular weight is 309 g/mol. The second-order valence-corrected chi connectivity index (χ2v) is 5.44. The fourth-order valence-corrected chi connectivity index (χ4v) is 2.35. The number of aromatic carboxylic acids is 1. The van der Waals surface area contributed by atoms with Crippen LogP contribution in [0.4, 0.5) is 4.79 Å². The molecule has 8 heteroatoms. The highest BCUT2D eigenvalue weighted by Crippen LogP contribution is 2.14. The van der Waals surface area contributed by atoms with Gasteiger partial charge in [0.15, 0.2) is 0 Å². The molecule has 0 spiro atoms. The minimum atomic E-state index is -1.05. The Hall–Kier alpha value is -2.35. The van der Waals surface area contributed by atoms with Crippen LogP contribution in [0.3, 0.4) is 0 Å². The largest absolute Gasteiger partial charge is 0.478 e. The van der Waals surface area contributed by atoms with Crippen LogP contribution in [0.2, 0.25) is 0 Å². The lowest BCUT2D eigenvalue weighted by molar-refractivity contribution is 0.0695. The average Bonchev–Trinajstić information content (AvgIpc) is 3.00. The summed E-state index contributed by atoms with van der Waals surface area (Å²) >= 11 is 1.52. The number of hydrogen-bond acceptors (Lipinski definition) is 5. The van der Waals surface area contributed by atoms with E-state index in [1.165, 1.54) is 17.4 Å². The molecule has 0 aliphatic heterocycles. The van der Waals surface area contributed by atoms with Gasteiger partial charge in [-0.3, -0.25) is 0 Å². The van der Waals surface area contributed by atoms with Crippen molar-refractivity contribution >= 4 is 23.3 Å². The second kappa shape index (κ2) is 6.40. The Morgan fingerprint density at radius 2 is 2.05 bits per heavy atom. The van der Waals surface area contributed by atoms with Crippen LogP contribution in [0.5, 0.6) is 0 Å². The molecule has 7 nitrogen and oxygen atoms in total. The molecule has 3 N–H and O–H groups in total. The van der Waals surface area contributed by atoms with E-state index < -0.39 is 5.97 Å². The highest BCUT2D eigenvalue weighted by molar-refractivity contribution is 7.09. The highest BCUT2D eigenvalue weighted by atomic mass is 32.1. The van der Waals surface area contributed by atoms with Crippen molar-refractivity contribution in [3.8, 4) is 0 Å². The quantitative estimate of drug-likeness (QED) is 0.784. The molecular formula is C13H15N3O4S. The molecule has 2 amide bonds. The van der Waals surface area contributed by atoms with Crippen LogP contribution in [0.1, 0.15) is 32.6 Å². The molecule has 2 aromatic heterocycles. The molecule has 0 bridgehead atoms. The monoisotopic (exact) mass is 309 g/mol. The molecule has 0 atom stereocenters. The summed E-state index contributed by atoms with van der Waals surface area (Å²) < 4.78 is 5.26. The van der Waals surface area contributed by atoms with Gasteiger partial charge in [0.1, 0.15) is 17.1 Å². The van der Waals surface area contributed by atoms with E-state index >= 15 is 0 Å². The number of carboxylic acid groups (broad SMARTS) is 1. The highest BCUT2D eigenvalue weighted by Gasteiger charge is 2.14. The van der Waals surface area contributed by atoms with E-state index in [0.29, 0.717) is 18.1 Å². The van der Waals surface area contributed by atoms with E-state index in [9.17, 15) is 9.59 Å². The molecule has 112 valence electrons. The Kier molecular flexibility index (Phi) is 4.59. The summed E-state index contributed by atoms with van der Waals surface area (Å²) in [5.74, 6) is -0.340. The van der Waals surface area contributed by atoms with Gasteiger partial charge in [-0.25, -0.2) is 14.6 Å². The molecule has 2 heterocycles. The fourth-order valence-electron chi connectivity index (χ4n) is 1.73. The zero-order chi connectivity index (χ0) is 15.4. The molecule has 0 radical (unpaired) electrons. The third kappa shape index (κ3) is 4.06. The number of hydrogen-bond donors (Lipinski definition) is 3. The first-order valence-electron chi connectivity index (χ1n) is 6.21. The molecule has 2 aromatic rings. The van der Waals surface area contributed by atoms with Crippen LogP contribution >= 0.6 is 11.3 Å². The van der Waals surface area contributed by atoms with E-state index in [1.54, 1.807) is 6.92 Å². The molecule has 0 saturated carbocycles. The summed E-state index contributed by atoms with van der Waals surface area (Å²) in [7, 11) is 0. The van der Waals surface area contributed by atoms with E-state index in [0.717, 1.165) is 10.7 Å². The van der Waals surface area contributed by atoms with Crippen molar-refractivity contribution in [1.82, 2.24) is 15.6 Å². The van der Waals surface area contributed by atoms with Crippen molar-refractivity contribution in [2.24, 2.45) is 0 Å². The second-order valence-electron chi connectivity index (χ2n) is 4.38. The summed E-state index contributed by atoms with van der Waals surface area (Å²) in [5.41, 5.74) is 0.903.